The van der Waals surface area contributed by atoms with Crippen LogP contribution in [-0.2, 0) is 19.1 Å². The average Bonchev–Trinajstić information content (AvgIpc) is 3.10. The number of nitrogens with one attached hydrogen (secondary N) is 2. The standard InChI is InChI=1S/C21H19Cl2N3O5/c1-12-4-2-5-13(8-12)20(29)25-26-10-14(9-18(26)28)21(30)31-11-17(27)24-16-7-3-6-15(22)19(16)23/h2-8,14H,9-11H2,1H3,(H,24,27)(H,25,29)/t14-/m0/s1. The number of carbonyl (C=O) groups excluding carboxylic acids is 4. The molecule has 3 rings (SSSR count). The number of hydrazine groups is 1. The van der Waals surface area contributed by atoms with Gasteiger partial charge in [0.15, 0.2) is 6.61 Å². The third-order valence-electron chi connectivity index (χ3n) is 4.55. The Labute approximate surface area is 188 Å². The van der Waals surface area contributed by atoms with Gasteiger partial charge >= 0.3 is 5.97 Å². The maximum absolute atomic E-state index is 12.3. The van der Waals surface area contributed by atoms with Gasteiger partial charge in [-0.25, -0.2) is 0 Å². The Balaban J connectivity index is 1.50. The fourth-order valence-electron chi connectivity index (χ4n) is 2.99. The van der Waals surface area contributed by atoms with E-state index in [1.807, 2.05) is 13.0 Å². The van der Waals surface area contributed by atoms with E-state index in [9.17, 15) is 19.2 Å². The zero-order chi connectivity index (χ0) is 22.5. The van der Waals surface area contributed by atoms with Gasteiger partial charge in [-0.2, -0.15) is 0 Å². The summed E-state index contributed by atoms with van der Waals surface area (Å²) in [5, 5.41) is 4.03. The molecule has 2 N–H and O–H groups in total. The molecule has 0 bridgehead atoms. The van der Waals surface area contributed by atoms with Gasteiger partial charge in [0.25, 0.3) is 11.8 Å². The van der Waals surface area contributed by atoms with Crippen molar-refractivity contribution in [2.75, 3.05) is 18.5 Å². The average molecular weight is 464 g/mol. The van der Waals surface area contributed by atoms with Gasteiger partial charge < -0.3 is 10.1 Å². The van der Waals surface area contributed by atoms with Crippen molar-refractivity contribution in [2.45, 2.75) is 13.3 Å². The second-order valence-corrected chi connectivity index (χ2v) is 7.76. The molecule has 3 amide bonds. The van der Waals surface area contributed by atoms with Crippen LogP contribution in [-0.4, -0.2) is 41.9 Å². The molecule has 0 unspecified atom stereocenters. The van der Waals surface area contributed by atoms with Gasteiger partial charge in [0.2, 0.25) is 5.91 Å². The lowest BCUT2D eigenvalue weighted by atomic mass is 10.1. The molecule has 0 aromatic heterocycles. The molecule has 8 nitrogen and oxygen atoms in total. The highest BCUT2D eigenvalue weighted by molar-refractivity contribution is 6.44. The number of anilines is 1. The number of aryl methyl sites for hydroxylation is 1. The highest BCUT2D eigenvalue weighted by Gasteiger charge is 2.36. The van der Waals surface area contributed by atoms with Gasteiger partial charge in [0, 0.05) is 12.0 Å². The minimum Gasteiger partial charge on any atom is -0.455 e. The summed E-state index contributed by atoms with van der Waals surface area (Å²) in [6, 6.07) is 11.6. The molecule has 1 fully saturated rings. The molecule has 2 aromatic carbocycles. The Hall–Kier alpha value is -3.10. The molecular weight excluding hydrogens is 445 g/mol. The first kappa shape index (κ1) is 22.6. The van der Waals surface area contributed by atoms with Crippen molar-refractivity contribution in [1.29, 1.82) is 0 Å². The number of benzene rings is 2. The van der Waals surface area contributed by atoms with E-state index in [0.29, 0.717) is 5.56 Å². The molecule has 1 saturated heterocycles. The van der Waals surface area contributed by atoms with Crippen LogP contribution in [0.4, 0.5) is 5.69 Å². The van der Waals surface area contributed by atoms with E-state index in [2.05, 4.69) is 10.7 Å². The van der Waals surface area contributed by atoms with Gasteiger partial charge in [-0.1, -0.05) is 47.0 Å². The van der Waals surface area contributed by atoms with Gasteiger partial charge in [-0.15, -0.1) is 0 Å². The predicted octanol–water partition coefficient (Wildman–Crippen LogP) is 2.98. The number of ether oxygens (including phenoxy) is 1. The highest BCUT2D eigenvalue weighted by Crippen LogP contribution is 2.29. The zero-order valence-electron chi connectivity index (χ0n) is 16.5. The summed E-state index contributed by atoms with van der Waals surface area (Å²) in [5.74, 6) is -2.99. The van der Waals surface area contributed by atoms with Crippen LogP contribution in [0.2, 0.25) is 10.0 Å². The Morgan fingerprint density at radius 1 is 1.16 bits per heavy atom. The Kier molecular flexibility index (Phi) is 7.14. The lowest BCUT2D eigenvalue weighted by Gasteiger charge is -2.17. The molecule has 1 atom stereocenters. The maximum Gasteiger partial charge on any atom is 0.311 e. The summed E-state index contributed by atoms with van der Waals surface area (Å²) in [5.41, 5.74) is 4.09. The lowest BCUT2D eigenvalue weighted by molar-refractivity contribution is -0.151. The number of halogens is 2. The maximum atomic E-state index is 12.3. The van der Waals surface area contributed by atoms with Crippen LogP contribution < -0.4 is 10.7 Å². The molecule has 0 spiro atoms. The third kappa shape index (κ3) is 5.74. The molecule has 2 aromatic rings. The Bertz CT molecular complexity index is 1040. The molecule has 0 aliphatic carbocycles. The van der Waals surface area contributed by atoms with Gasteiger partial charge in [-0.3, -0.25) is 29.6 Å². The van der Waals surface area contributed by atoms with Crippen LogP contribution in [0, 0.1) is 12.8 Å². The van der Waals surface area contributed by atoms with Crippen molar-refractivity contribution in [1.82, 2.24) is 10.4 Å². The van der Waals surface area contributed by atoms with E-state index in [-0.39, 0.29) is 28.7 Å². The predicted molar refractivity (Wildman–Crippen MR) is 115 cm³/mol. The molecule has 31 heavy (non-hydrogen) atoms. The number of hydrogen-bond donors (Lipinski definition) is 2. The first-order valence-corrected chi connectivity index (χ1v) is 10.1. The summed E-state index contributed by atoms with van der Waals surface area (Å²) in [7, 11) is 0. The van der Waals surface area contributed by atoms with Gasteiger partial charge in [0.1, 0.15) is 0 Å². The fourth-order valence-corrected chi connectivity index (χ4v) is 3.34. The fraction of sp³-hybridized carbons (Fsp3) is 0.238. The van der Waals surface area contributed by atoms with Crippen LogP contribution in [0.25, 0.3) is 0 Å². The number of amides is 3. The Morgan fingerprint density at radius 3 is 2.65 bits per heavy atom. The molecule has 1 aliphatic rings. The van der Waals surface area contributed by atoms with Crippen molar-refractivity contribution in [3.05, 3.63) is 63.6 Å². The van der Waals surface area contributed by atoms with Gasteiger partial charge in [-0.05, 0) is 31.2 Å². The van der Waals surface area contributed by atoms with Crippen LogP contribution >= 0.6 is 23.2 Å². The topological polar surface area (TPSA) is 105 Å². The van der Waals surface area contributed by atoms with E-state index in [1.165, 1.54) is 0 Å². The van der Waals surface area contributed by atoms with E-state index >= 15 is 0 Å². The molecule has 10 heteroatoms. The number of hydrogen-bond acceptors (Lipinski definition) is 5. The van der Waals surface area contributed by atoms with E-state index in [4.69, 9.17) is 27.9 Å². The van der Waals surface area contributed by atoms with E-state index < -0.39 is 36.2 Å². The molecule has 0 radical (unpaired) electrons. The number of carbonyl (C=O) groups is 4. The monoisotopic (exact) mass is 463 g/mol. The van der Waals surface area contributed by atoms with Crippen LogP contribution in [0.5, 0.6) is 0 Å². The highest BCUT2D eigenvalue weighted by atomic mass is 35.5. The first-order valence-electron chi connectivity index (χ1n) is 9.33. The van der Waals surface area contributed by atoms with Crippen molar-refractivity contribution in [3.8, 4) is 0 Å². The quantitative estimate of drug-likeness (QED) is 0.640. The molecule has 0 saturated carbocycles. The normalized spacial score (nSPS) is 15.5. The first-order chi connectivity index (χ1) is 14.7. The zero-order valence-corrected chi connectivity index (χ0v) is 18.0. The Morgan fingerprint density at radius 2 is 1.90 bits per heavy atom. The smallest absolute Gasteiger partial charge is 0.311 e. The lowest BCUT2D eigenvalue weighted by Crippen LogP contribution is -2.43. The number of rotatable bonds is 6. The van der Waals surface area contributed by atoms with Crippen molar-refractivity contribution in [3.63, 3.8) is 0 Å². The third-order valence-corrected chi connectivity index (χ3v) is 5.37. The number of esters is 1. The molecule has 1 aliphatic heterocycles. The summed E-state index contributed by atoms with van der Waals surface area (Å²) in [4.78, 5) is 48.8. The molecule has 162 valence electrons. The van der Waals surface area contributed by atoms with Crippen molar-refractivity contribution in [2.24, 2.45) is 5.92 Å². The summed E-state index contributed by atoms with van der Waals surface area (Å²) in [6.45, 7) is 1.25. The second-order valence-electron chi connectivity index (χ2n) is 6.97. The molecular formula is C21H19Cl2N3O5. The second kappa shape index (κ2) is 9.80. The van der Waals surface area contributed by atoms with Crippen molar-refractivity contribution >= 4 is 52.6 Å². The summed E-state index contributed by atoms with van der Waals surface area (Å²) in [6.07, 6.45) is -0.130. The van der Waals surface area contributed by atoms with E-state index in [0.717, 1.165) is 10.6 Å². The minimum absolute atomic E-state index is 0.0447. The summed E-state index contributed by atoms with van der Waals surface area (Å²) < 4.78 is 5.01. The van der Waals surface area contributed by atoms with Crippen molar-refractivity contribution < 1.29 is 23.9 Å². The largest absolute Gasteiger partial charge is 0.455 e. The van der Waals surface area contributed by atoms with Crippen LogP contribution in [0.15, 0.2) is 42.5 Å². The summed E-state index contributed by atoms with van der Waals surface area (Å²) >= 11 is 11.9. The van der Waals surface area contributed by atoms with E-state index in [1.54, 1.807) is 36.4 Å². The number of nitrogens with zero attached hydrogens (tertiary/aromatic N) is 1. The minimum atomic E-state index is -0.798. The van der Waals surface area contributed by atoms with Crippen LogP contribution in [0.1, 0.15) is 22.3 Å². The molecule has 1 heterocycles. The SMILES string of the molecule is Cc1cccc(C(=O)NN2C[C@@H](C(=O)OCC(=O)Nc3cccc(Cl)c3Cl)CC2=O)c1. The van der Waals surface area contributed by atoms with Gasteiger partial charge in [0.05, 0.1) is 28.2 Å². The van der Waals surface area contributed by atoms with Crippen LogP contribution in [0.3, 0.4) is 0 Å².